The number of nitrogens with zero attached hydrogens (tertiary/aromatic N) is 1. The fourth-order valence-corrected chi connectivity index (χ4v) is 1.56. The van der Waals surface area contributed by atoms with Crippen molar-refractivity contribution in [1.29, 1.82) is 0 Å². The van der Waals surface area contributed by atoms with Crippen LogP contribution in [0.3, 0.4) is 0 Å². The average Bonchev–Trinajstić information content (AvgIpc) is 2.26. The van der Waals surface area contributed by atoms with Gasteiger partial charge in [0.15, 0.2) is 6.23 Å². The number of ether oxygens (including phenoxy) is 1. The van der Waals surface area contributed by atoms with Crippen molar-refractivity contribution < 1.29 is 9.53 Å². The molecule has 0 spiro atoms. The van der Waals surface area contributed by atoms with E-state index >= 15 is 0 Å². The Bertz CT molecular complexity index is 257. The van der Waals surface area contributed by atoms with E-state index in [0.717, 1.165) is 11.5 Å². The summed E-state index contributed by atoms with van der Waals surface area (Å²) in [5, 5.41) is 0. The fraction of sp³-hybridized carbons (Fsp3) is 0.625. The Morgan fingerprint density at radius 1 is 1.45 bits per heavy atom. The van der Waals surface area contributed by atoms with Gasteiger partial charge in [0.05, 0.1) is 11.6 Å². The minimum absolute atomic E-state index is 0.00231. The largest absolute Gasteiger partial charge is 0.472 e. The van der Waals surface area contributed by atoms with E-state index in [-0.39, 0.29) is 18.1 Å². The Kier molecular flexibility index (Phi) is 1.09. The summed E-state index contributed by atoms with van der Waals surface area (Å²) in [5.74, 6) is 1.11. The lowest BCUT2D eigenvalue weighted by Crippen LogP contribution is -2.56. The van der Waals surface area contributed by atoms with Crippen molar-refractivity contribution in [3.8, 4) is 0 Å². The monoisotopic (exact) mass is 153 g/mol. The quantitative estimate of drug-likeness (QED) is 0.487. The highest BCUT2D eigenvalue weighted by Gasteiger charge is 2.50. The van der Waals surface area contributed by atoms with Crippen LogP contribution in [0.25, 0.3) is 0 Å². The van der Waals surface area contributed by atoms with Crippen LogP contribution in [0.1, 0.15) is 20.8 Å². The molecule has 2 unspecified atom stereocenters. The van der Waals surface area contributed by atoms with Crippen LogP contribution in [0.2, 0.25) is 0 Å². The Hall–Kier alpha value is -0.990. The number of β-lactam (4-membered cyclic amide) rings is 1. The van der Waals surface area contributed by atoms with Crippen molar-refractivity contribution >= 4 is 5.91 Å². The lowest BCUT2D eigenvalue weighted by atomic mass is 9.98. The summed E-state index contributed by atoms with van der Waals surface area (Å²) in [5.41, 5.74) is 0.970. The number of carbonyl (C=O) groups is 1. The summed E-state index contributed by atoms with van der Waals surface area (Å²) < 4.78 is 5.44. The molecule has 1 amide bonds. The molecular formula is C8H11NO2. The maximum Gasteiger partial charge on any atom is 0.238 e. The summed E-state index contributed by atoms with van der Waals surface area (Å²) in [7, 11) is 0. The highest BCUT2D eigenvalue weighted by molar-refractivity contribution is 5.87. The van der Waals surface area contributed by atoms with Crippen LogP contribution in [-0.4, -0.2) is 17.0 Å². The van der Waals surface area contributed by atoms with Crippen molar-refractivity contribution in [2.45, 2.75) is 27.0 Å². The molecule has 1 fully saturated rings. The SMILES string of the molecule is CC1=C(C)N2C(=O)C(C)C2O1. The second-order valence-electron chi connectivity index (χ2n) is 3.15. The third kappa shape index (κ3) is 0.607. The van der Waals surface area contributed by atoms with Gasteiger partial charge in [0.25, 0.3) is 0 Å². The summed E-state index contributed by atoms with van der Waals surface area (Å²) in [6, 6.07) is 0. The zero-order valence-electron chi connectivity index (χ0n) is 6.92. The number of allylic oxidation sites excluding steroid dienone is 2. The Balaban J connectivity index is 2.28. The van der Waals surface area contributed by atoms with Crippen LogP contribution >= 0.6 is 0 Å². The highest BCUT2D eigenvalue weighted by Crippen LogP contribution is 2.38. The Labute approximate surface area is 65.6 Å². The van der Waals surface area contributed by atoms with Crippen LogP contribution in [0.4, 0.5) is 0 Å². The molecule has 60 valence electrons. The van der Waals surface area contributed by atoms with Crippen LogP contribution < -0.4 is 0 Å². The van der Waals surface area contributed by atoms with Gasteiger partial charge < -0.3 is 4.74 Å². The molecule has 3 nitrogen and oxygen atoms in total. The van der Waals surface area contributed by atoms with Crippen LogP contribution in [0.15, 0.2) is 11.5 Å². The summed E-state index contributed by atoms with van der Waals surface area (Å²) in [6.45, 7) is 5.71. The maximum atomic E-state index is 11.2. The number of fused-ring (bicyclic) bond motifs is 1. The first-order chi connectivity index (χ1) is 5.13. The number of rotatable bonds is 0. The summed E-state index contributed by atoms with van der Waals surface area (Å²) in [6.07, 6.45) is 0.00231. The molecule has 0 aliphatic carbocycles. The van der Waals surface area contributed by atoms with Gasteiger partial charge in [-0.1, -0.05) is 0 Å². The van der Waals surface area contributed by atoms with Gasteiger partial charge in [0, 0.05) is 0 Å². The Morgan fingerprint density at radius 2 is 2.09 bits per heavy atom. The van der Waals surface area contributed by atoms with E-state index in [1.165, 1.54) is 0 Å². The second-order valence-corrected chi connectivity index (χ2v) is 3.15. The minimum Gasteiger partial charge on any atom is -0.472 e. The lowest BCUT2D eigenvalue weighted by molar-refractivity contribution is -0.167. The minimum atomic E-state index is 0.00231. The van der Waals surface area contributed by atoms with Crippen molar-refractivity contribution in [3.05, 3.63) is 11.5 Å². The smallest absolute Gasteiger partial charge is 0.238 e. The number of hydrogen-bond donors (Lipinski definition) is 0. The predicted octanol–water partition coefficient (Wildman–Crippen LogP) is 1.07. The summed E-state index contributed by atoms with van der Waals surface area (Å²) >= 11 is 0. The average molecular weight is 153 g/mol. The fourth-order valence-electron chi connectivity index (χ4n) is 1.56. The van der Waals surface area contributed by atoms with E-state index in [0.29, 0.717) is 0 Å². The molecule has 0 aromatic heterocycles. The van der Waals surface area contributed by atoms with Crippen molar-refractivity contribution in [2.75, 3.05) is 0 Å². The molecule has 0 aromatic rings. The first-order valence-corrected chi connectivity index (χ1v) is 3.80. The van der Waals surface area contributed by atoms with E-state index in [2.05, 4.69) is 0 Å². The highest BCUT2D eigenvalue weighted by atomic mass is 16.5. The molecule has 2 rings (SSSR count). The van der Waals surface area contributed by atoms with Crippen molar-refractivity contribution in [1.82, 2.24) is 4.90 Å². The molecule has 0 aromatic carbocycles. The molecular weight excluding hydrogens is 142 g/mol. The molecule has 0 saturated carbocycles. The molecule has 2 aliphatic rings. The first kappa shape index (κ1) is 6.70. The normalized spacial score (nSPS) is 35.2. The molecule has 2 atom stereocenters. The van der Waals surface area contributed by atoms with Crippen molar-refractivity contribution in [3.63, 3.8) is 0 Å². The third-order valence-electron chi connectivity index (χ3n) is 2.48. The zero-order valence-corrected chi connectivity index (χ0v) is 6.92. The van der Waals surface area contributed by atoms with Crippen LogP contribution in [-0.2, 0) is 9.53 Å². The Morgan fingerprint density at radius 3 is 2.64 bits per heavy atom. The molecule has 1 saturated heterocycles. The van der Waals surface area contributed by atoms with Crippen LogP contribution in [0, 0.1) is 5.92 Å². The predicted molar refractivity (Wildman–Crippen MR) is 39.3 cm³/mol. The molecule has 0 radical (unpaired) electrons. The van der Waals surface area contributed by atoms with Gasteiger partial charge in [-0.2, -0.15) is 0 Å². The van der Waals surface area contributed by atoms with E-state index in [1.807, 2.05) is 20.8 Å². The number of carbonyl (C=O) groups excluding carboxylic acids is 1. The zero-order chi connectivity index (χ0) is 8.17. The maximum absolute atomic E-state index is 11.2. The lowest BCUT2D eigenvalue weighted by Gasteiger charge is -2.39. The standard InChI is InChI=1S/C8H11NO2/c1-4-7(10)9-5(2)6(3)11-8(4)9/h4,8H,1-3H3. The van der Waals surface area contributed by atoms with Gasteiger partial charge in [-0.15, -0.1) is 0 Å². The van der Waals surface area contributed by atoms with Gasteiger partial charge in [-0.3, -0.25) is 9.69 Å². The topological polar surface area (TPSA) is 29.5 Å². The van der Waals surface area contributed by atoms with Crippen LogP contribution in [0.5, 0.6) is 0 Å². The second kappa shape index (κ2) is 1.78. The summed E-state index contributed by atoms with van der Waals surface area (Å²) in [4.78, 5) is 12.9. The van der Waals surface area contributed by atoms with Gasteiger partial charge in [0.1, 0.15) is 5.76 Å². The molecule has 3 heteroatoms. The van der Waals surface area contributed by atoms with Crippen molar-refractivity contribution in [2.24, 2.45) is 5.92 Å². The van der Waals surface area contributed by atoms with E-state index in [4.69, 9.17) is 4.74 Å². The van der Waals surface area contributed by atoms with Gasteiger partial charge in [-0.05, 0) is 20.8 Å². The number of amides is 1. The molecule has 11 heavy (non-hydrogen) atoms. The number of hydrogen-bond acceptors (Lipinski definition) is 2. The third-order valence-corrected chi connectivity index (χ3v) is 2.48. The van der Waals surface area contributed by atoms with Gasteiger partial charge >= 0.3 is 0 Å². The van der Waals surface area contributed by atoms with E-state index in [9.17, 15) is 4.79 Å². The van der Waals surface area contributed by atoms with Gasteiger partial charge in [-0.25, -0.2) is 0 Å². The van der Waals surface area contributed by atoms with E-state index in [1.54, 1.807) is 4.90 Å². The molecule has 2 heterocycles. The van der Waals surface area contributed by atoms with E-state index < -0.39 is 0 Å². The van der Waals surface area contributed by atoms with Gasteiger partial charge in [0.2, 0.25) is 5.91 Å². The molecule has 2 aliphatic heterocycles. The molecule has 0 bridgehead atoms. The molecule has 0 N–H and O–H groups in total. The first-order valence-electron chi connectivity index (χ1n) is 3.80.